The Morgan fingerprint density at radius 3 is 2.55 bits per heavy atom. The van der Waals surface area contributed by atoms with E-state index in [1.807, 2.05) is 18.4 Å². The van der Waals surface area contributed by atoms with Crippen LogP contribution in [-0.2, 0) is 4.79 Å². The summed E-state index contributed by atoms with van der Waals surface area (Å²) in [5.41, 5.74) is -0.186. The summed E-state index contributed by atoms with van der Waals surface area (Å²) in [7, 11) is 0. The van der Waals surface area contributed by atoms with Crippen LogP contribution in [0.1, 0.15) is 54.3 Å². The highest BCUT2D eigenvalue weighted by molar-refractivity contribution is 7.12. The number of hydrogen-bond donors (Lipinski definition) is 2. The van der Waals surface area contributed by atoms with Crippen molar-refractivity contribution >= 4 is 23.2 Å². The third-order valence-corrected chi connectivity index (χ3v) is 5.38. The van der Waals surface area contributed by atoms with Crippen LogP contribution >= 0.6 is 11.3 Å². The number of nitrogens with one attached hydrogen (secondary N) is 1. The first kappa shape index (κ1) is 15.0. The van der Waals surface area contributed by atoms with Crippen molar-refractivity contribution in [3.63, 3.8) is 0 Å². The minimum Gasteiger partial charge on any atom is -0.480 e. The number of hydrogen-bond acceptors (Lipinski definition) is 3. The third kappa shape index (κ3) is 2.87. The lowest BCUT2D eigenvalue weighted by atomic mass is 9.75. The average molecular weight is 295 g/mol. The van der Waals surface area contributed by atoms with Gasteiger partial charge in [0.15, 0.2) is 0 Å². The number of carbonyl (C=O) groups is 2. The van der Waals surface area contributed by atoms with Gasteiger partial charge in [-0.2, -0.15) is 0 Å². The molecule has 4 nitrogen and oxygen atoms in total. The van der Waals surface area contributed by atoms with Gasteiger partial charge >= 0.3 is 5.97 Å². The zero-order valence-corrected chi connectivity index (χ0v) is 12.8. The number of carboxylic acid groups (broad SMARTS) is 1. The summed E-state index contributed by atoms with van der Waals surface area (Å²) in [4.78, 5) is 24.6. The van der Waals surface area contributed by atoms with Crippen molar-refractivity contribution in [2.45, 2.75) is 51.5 Å². The van der Waals surface area contributed by atoms with Crippen LogP contribution < -0.4 is 5.32 Å². The largest absolute Gasteiger partial charge is 0.480 e. The molecule has 0 spiro atoms. The molecule has 2 rings (SSSR count). The van der Waals surface area contributed by atoms with E-state index in [1.54, 1.807) is 0 Å². The fourth-order valence-electron chi connectivity index (χ4n) is 2.85. The quantitative estimate of drug-likeness (QED) is 0.896. The van der Waals surface area contributed by atoms with Crippen molar-refractivity contribution in [1.82, 2.24) is 5.32 Å². The molecule has 1 fully saturated rings. The van der Waals surface area contributed by atoms with Gasteiger partial charge in [0.1, 0.15) is 5.54 Å². The van der Waals surface area contributed by atoms with E-state index in [9.17, 15) is 14.7 Å². The third-order valence-electron chi connectivity index (χ3n) is 4.37. The van der Waals surface area contributed by atoms with E-state index >= 15 is 0 Å². The monoisotopic (exact) mass is 295 g/mol. The van der Waals surface area contributed by atoms with Gasteiger partial charge in [0.05, 0.1) is 4.88 Å². The highest BCUT2D eigenvalue weighted by atomic mass is 32.1. The lowest BCUT2D eigenvalue weighted by molar-refractivity contribution is -0.146. The van der Waals surface area contributed by atoms with Crippen molar-refractivity contribution in [1.29, 1.82) is 0 Å². The molecule has 20 heavy (non-hydrogen) atoms. The second kappa shape index (κ2) is 5.95. The van der Waals surface area contributed by atoms with Gasteiger partial charge in [-0.3, -0.25) is 4.79 Å². The van der Waals surface area contributed by atoms with E-state index in [2.05, 4.69) is 12.2 Å². The van der Waals surface area contributed by atoms with Gasteiger partial charge in [-0.1, -0.05) is 13.3 Å². The van der Waals surface area contributed by atoms with E-state index in [0.29, 0.717) is 23.6 Å². The maximum absolute atomic E-state index is 12.3. The summed E-state index contributed by atoms with van der Waals surface area (Å²) in [6.07, 6.45) is 3.86. The molecule has 0 saturated heterocycles. The Hall–Kier alpha value is -1.36. The molecule has 1 aliphatic rings. The van der Waals surface area contributed by atoms with Crippen molar-refractivity contribution in [2.75, 3.05) is 0 Å². The molecule has 5 heteroatoms. The fourth-order valence-corrected chi connectivity index (χ4v) is 3.67. The van der Waals surface area contributed by atoms with E-state index < -0.39 is 11.5 Å². The first-order chi connectivity index (χ1) is 9.48. The fraction of sp³-hybridized carbons (Fsp3) is 0.600. The smallest absolute Gasteiger partial charge is 0.329 e. The van der Waals surface area contributed by atoms with Crippen LogP contribution in [0.5, 0.6) is 0 Å². The Labute approximate surface area is 123 Å². The highest BCUT2D eigenvalue weighted by Crippen LogP contribution is 2.34. The summed E-state index contributed by atoms with van der Waals surface area (Å²) in [5.74, 6) is -0.577. The zero-order valence-electron chi connectivity index (χ0n) is 11.9. The van der Waals surface area contributed by atoms with Crippen LogP contribution in [0.25, 0.3) is 0 Å². The molecule has 110 valence electrons. The van der Waals surface area contributed by atoms with Crippen molar-refractivity contribution in [3.8, 4) is 0 Å². The molecule has 1 aliphatic carbocycles. The van der Waals surface area contributed by atoms with Gasteiger partial charge < -0.3 is 10.4 Å². The molecule has 2 N–H and O–H groups in total. The Bertz CT molecular complexity index is 501. The zero-order chi connectivity index (χ0) is 14.8. The molecule has 0 bridgehead atoms. The van der Waals surface area contributed by atoms with Crippen LogP contribution in [-0.4, -0.2) is 22.5 Å². The van der Waals surface area contributed by atoms with Gasteiger partial charge in [-0.15, -0.1) is 11.3 Å². The number of carbonyl (C=O) groups excluding carboxylic acids is 1. The van der Waals surface area contributed by atoms with Crippen LogP contribution in [0.2, 0.25) is 0 Å². The number of aryl methyl sites for hydroxylation is 1. The van der Waals surface area contributed by atoms with Gasteiger partial charge in [0.2, 0.25) is 0 Å². The SMILES string of the molecule is CCC1CCC(NC(=O)c2sccc2C)(C(=O)O)CC1. The molecule has 1 heterocycles. The van der Waals surface area contributed by atoms with Crippen LogP contribution in [0.3, 0.4) is 0 Å². The average Bonchev–Trinajstić information content (AvgIpc) is 2.85. The summed E-state index contributed by atoms with van der Waals surface area (Å²) >= 11 is 1.36. The summed E-state index contributed by atoms with van der Waals surface area (Å²) < 4.78 is 0. The van der Waals surface area contributed by atoms with Gasteiger partial charge in [0, 0.05) is 0 Å². The predicted octanol–water partition coefficient (Wildman–Crippen LogP) is 3.21. The van der Waals surface area contributed by atoms with E-state index in [1.165, 1.54) is 11.3 Å². The first-order valence-electron chi connectivity index (χ1n) is 7.08. The summed E-state index contributed by atoms with van der Waals surface area (Å²) in [5, 5.41) is 14.2. The molecule has 1 saturated carbocycles. The van der Waals surface area contributed by atoms with E-state index in [0.717, 1.165) is 24.8 Å². The van der Waals surface area contributed by atoms with Crippen LogP contribution in [0.4, 0.5) is 0 Å². The first-order valence-corrected chi connectivity index (χ1v) is 7.96. The molecule has 1 aromatic rings. The number of aliphatic carboxylic acids is 1. The minimum atomic E-state index is -1.08. The second-order valence-corrected chi connectivity index (χ2v) is 6.54. The summed E-state index contributed by atoms with van der Waals surface area (Å²) in [6.45, 7) is 4.00. The number of carboxylic acids is 1. The lowest BCUT2D eigenvalue weighted by Crippen LogP contribution is -2.56. The van der Waals surface area contributed by atoms with E-state index in [-0.39, 0.29) is 5.91 Å². The Morgan fingerprint density at radius 1 is 1.45 bits per heavy atom. The Balaban J connectivity index is 2.13. The van der Waals surface area contributed by atoms with E-state index in [4.69, 9.17) is 0 Å². The number of thiophene rings is 1. The van der Waals surface area contributed by atoms with Crippen molar-refractivity contribution < 1.29 is 14.7 Å². The standard InChI is InChI=1S/C15H21NO3S/c1-3-11-4-7-15(8-5-11,14(18)19)16-13(17)12-10(2)6-9-20-12/h6,9,11H,3-5,7-8H2,1-2H3,(H,16,17)(H,18,19). The topological polar surface area (TPSA) is 66.4 Å². The minimum absolute atomic E-state index is 0.255. The normalized spacial score (nSPS) is 26.2. The maximum Gasteiger partial charge on any atom is 0.329 e. The van der Waals surface area contributed by atoms with Gasteiger partial charge in [0.25, 0.3) is 5.91 Å². The molecular weight excluding hydrogens is 274 g/mol. The van der Waals surface area contributed by atoms with Gasteiger partial charge in [-0.25, -0.2) is 4.79 Å². The molecule has 0 radical (unpaired) electrons. The molecule has 1 aromatic heterocycles. The van der Waals surface area contributed by atoms with Gasteiger partial charge in [-0.05, 0) is 55.5 Å². The van der Waals surface area contributed by atoms with Crippen LogP contribution in [0, 0.1) is 12.8 Å². The molecule has 0 unspecified atom stereocenters. The molecule has 0 atom stereocenters. The summed E-state index contributed by atoms with van der Waals surface area (Å²) in [6, 6.07) is 1.88. The number of rotatable bonds is 4. The van der Waals surface area contributed by atoms with Crippen LogP contribution in [0.15, 0.2) is 11.4 Å². The predicted molar refractivity (Wildman–Crippen MR) is 79.1 cm³/mol. The molecular formula is C15H21NO3S. The molecule has 0 aliphatic heterocycles. The maximum atomic E-state index is 12.3. The highest BCUT2D eigenvalue weighted by Gasteiger charge is 2.43. The molecule has 1 amide bonds. The Kier molecular flexibility index (Phi) is 4.48. The second-order valence-electron chi connectivity index (χ2n) is 5.63. The lowest BCUT2D eigenvalue weighted by Gasteiger charge is -2.37. The van der Waals surface area contributed by atoms with Crippen molar-refractivity contribution in [2.24, 2.45) is 5.92 Å². The molecule has 0 aromatic carbocycles. The Morgan fingerprint density at radius 2 is 2.10 bits per heavy atom. The van der Waals surface area contributed by atoms with Crippen molar-refractivity contribution in [3.05, 3.63) is 21.9 Å². The number of amides is 1.